The first-order valence-corrected chi connectivity index (χ1v) is 13.8. The average Bonchev–Trinajstić information content (AvgIpc) is 3.37. The lowest BCUT2D eigenvalue weighted by Gasteiger charge is -2.24. The van der Waals surface area contributed by atoms with Crippen LogP contribution in [0.5, 0.6) is 0 Å². The third kappa shape index (κ3) is 5.39. The van der Waals surface area contributed by atoms with Crippen LogP contribution in [0.15, 0.2) is 58.9 Å². The molecule has 0 spiro atoms. The van der Waals surface area contributed by atoms with Gasteiger partial charge in [-0.3, -0.25) is 0 Å². The van der Waals surface area contributed by atoms with Gasteiger partial charge in [0.25, 0.3) is 0 Å². The second-order valence-corrected chi connectivity index (χ2v) is 10.3. The average molecular weight is 530 g/mol. The van der Waals surface area contributed by atoms with Gasteiger partial charge in [0.05, 0.1) is 11.3 Å². The van der Waals surface area contributed by atoms with E-state index in [4.69, 9.17) is 21.6 Å². The molecule has 0 unspecified atom stereocenters. The third-order valence-electron chi connectivity index (χ3n) is 5.77. The number of hydrogen-bond acceptors (Lipinski definition) is 7. The number of anilines is 1. The molecule has 2 aromatic heterocycles. The van der Waals surface area contributed by atoms with E-state index < -0.39 is 0 Å². The number of nitriles is 2. The Kier molecular flexibility index (Phi) is 8.28. The van der Waals surface area contributed by atoms with Crippen LogP contribution in [0.3, 0.4) is 0 Å². The lowest BCUT2D eigenvalue weighted by molar-refractivity contribution is 0.832. The standard InChI is InChI=1S/C28H24ClN5S2/c1-4-34(5-2)26-23(14-30)25(19-8-6-18(3)7-9-19)24(15-31)28(33-26)36-17-22-16-35-27(32-22)20-10-12-21(29)13-11-20/h6-13,16H,4-5,17H2,1-3H3. The first kappa shape index (κ1) is 25.7. The highest BCUT2D eigenvalue weighted by Crippen LogP contribution is 2.39. The van der Waals surface area contributed by atoms with Crippen molar-refractivity contribution in [2.24, 2.45) is 0 Å². The van der Waals surface area contributed by atoms with Crippen molar-refractivity contribution < 1.29 is 0 Å². The number of rotatable bonds is 8. The second-order valence-electron chi connectivity index (χ2n) is 8.07. The van der Waals surface area contributed by atoms with Crippen molar-refractivity contribution in [2.75, 3.05) is 18.0 Å². The van der Waals surface area contributed by atoms with Gasteiger partial charge in [-0.05, 0) is 38.5 Å². The van der Waals surface area contributed by atoms with Crippen molar-refractivity contribution in [3.05, 3.63) is 81.3 Å². The predicted molar refractivity (Wildman–Crippen MR) is 150 cm³/mol. The van der Waals surface area contributed by atoms with Gasteiger partial charge in [0.2, 0.25) is 0 Å². The summed E-state index contributed by atoms with van der Waals surface area (Å²) >= 11 is 9.06. The molecule has 0 saturated carbocycles. The van der Waals surface area contributed by atoms with Crippen molar-refractivity contribution in [3.63, 3.8) is 0 Å². The summed E-state index contributed by atoms with van der Waals surface area (Å²) in [5.41, 5.74) is 5.37. The fourth-order valence-electron chi connectivity index (χ4n) is 3.87. The van der Waals surface area contributed by atoms with Crippen LogP contribution in [-0.2, 0) is 5.75 Å². The summed E-state index contributed by atoms with van der Waals surface area (Å²) < 4.78 is 0. The maximum absolute atomic E-state index is 10.2. The van der Waals surface area contributed by atoms with Crippen LogP contribution in [-0.4, -0.2) is 23.1 Å². The predicted octanol–water partition coefficient (Wildman–Crippen LogP) is 7.72. The number of aromatic nitrogens is 2. The van der Waals surface area contributed by atoms with Crippen molar-refractivity contribution in [1.82, 2.24) is 9.97 Å². The smallest absolute Gasteiger partial charge is 0.148 e. The number of benzene rings is 2. The van der Waals surface area contributed by atoms with E-state index in [0.29, 0.717) is 51.4 Å². The first-order valence-electron chi connectivity index (χ1n) is 11.5. The van der Waals surface area contributed by atoms with Crippen LogP contribution < -0.4 is 4.90 Å². The Bertz CT molecular complexity index is 1440. The first-order chi connectivity index (χ1) is 17.5. The Morgan fingerprint density at radius 3 is 2.17 bits per heavy atom. The highest BCUT2D eigenvalue weighted by Gasteiger charge is 2.24. The molecular formula is C28H24ClN5S2. The van der Waals surface area contributed by atoms with Crippen LogP contribution in [0.25, 0.3) is 21.7 Å². The highest BCUT2D eigenvalue weighted by molar-refractivity contribution is 7.98. The van der Waals surface area contributed by atoms with E-state index >= 15 is 0 Å². The second kappa shape index (κ2) is 11.6. The highest BCUT2D eigenvalue weighted by atomic mass is 35.5. The minimum atomic E-state index is 0.421. The topological polar surface area (TPSA) is 76.6 Å². The van der Waals surface area contributed by atoms with Crippen LogP contribution >= 0.6 is 34.7 Å². The quantitative estimate of drug-likeness (QED) is 0.217. The van der Waals surface area contributed by atoms with Gasteiger partial charge in [0, 0.05) is 40.4 Å². The molecule has 36 heavy (non-hydrogen) atoms. The number of hydrogen-bond donors (Lipinski definition) is 0. The minimum absolute atomic E-state index is 0.421. The number of thioether (sulfide) groups is 1. The van der Waals surface area contributed by atoms with Crippen molar-refractivity contribution >= 4 is 40.5 Å². The number of halogens is 1. The van der Waals surface area contributed by atoms with Gasteiger partial charge in [-0.15, -0.1) is 11.3 Å². The third-order valence-corrected chi connectivity index (χ3v) is 7.97. The molecule has 180 valence electrons. The fourth-order valence-corrected chi connectivity index (χ4v) is 5.80. The summed E-state index contributed by atoms with van der Waals surface area (Å²) in [5.74, 6) is 1.17. The molecule has 0 saturated heterocycles. The van der Waals surface area contributed by atoms with Gasteiger partial charge >= 0.3 is 0 Å². The van der Waals surface area contributed by atoms with Gasteiger partial charge in [-0.25, -0.2) is 9.97 Å². The molecule has 4 rings (SSSR count). The summed E-state index contributed by atoms with van der Waals surface area (Å²) in [5, 5.41) is 24.6. The molecule has 0 aliphatic carbocycles. The summed E-state index contributed by atoms with van der Waals surface area (Å²) in [6.07, 6.45) is 0. The molecule has 0 N–H and O–H groups in total. The molecule has 0 radical (unpaired) electrons. The van der Waals surface area contributed by atoms with Gasteiger partial charge in [-0.1, -0.05) is 65.3 Å². The molecule has 0 atom stereocenters. The molecule has 0 aliphatic heterocycles. The van der Waals surface area contributed by atoms with Crippen LogP contribution in [0.1, 0.15) is 36.2 Å². The molecule has 4 aromatic rings. The monoisotopic (exact) mass is 529 g/mol. The van der Waals surface area contributed by atoms with Crippen LogP contribution in [0.2, 0.25) is 5.02 Å². The van der Waals surface area contributed by atoms with E-state index in [0.717, 1.165) is 27.4 Å². The van der Waals surface area contributed by atoms with E-state index in [1.807, 2.05) is 74.7 Å². The number of aryl methyl sites for hydroxylation is 1. The fraction of sp³-hybridized carbons (Fsp3) is 0.214. The van der Waals surface area contributed by atoms with E-state index in [-0.39, 0.29) is 0 Å². The number of pyridine rings is 1. The zero-order valence-electron chi connectivity index (χ0n) is 20.2. The molecular weight excluding hydrogens is 506 g/mol. The van der Waals surface area contributed by atoms with E-state index in [2.05, 4.69) is 17.0 Å². The summed E-state index contributed by atoms with van der Waals surface area (Å²) in [6.45, 7) is 7.50. The minimum Gasteiger partial charge on any atom is -0.356 e. The summed E-state index contributed by atoms with van der Waals surface area (Å²) in [7, 11) is 0. The van der Waals surface area contributed by atoms with Crippen molar-refractivity contribution in [1.29, 1.82) is 10.5 Å². The van der Waals surface area contributed by atoms with E-state index in [9.17, 15) is 10.5 Å². The summed E-state index contributed by atoms with van der Waals surface area (Å²) in [4.78, 5) is 11.7. The maximum atomic E-state index is 10.2. The van der Waals surface area contributed by atoms with E-state index in [1.54, 1.807) is 11.3 Å². The van der Waals surface area contributed by atoms with Crippen LogP contribution in [0.4, 0.5) is 5.82 Å². The van der Waals surface area contributed by atoms with Gasteiger partial charge < -0.3 is 4.90 Å². The number of nitrogens with zero attached hydrogens (tertiary/aromatic N) is 5. The zero-order chi connectivity index (χ0) is 25.7. The molecule has 0 bridgehead atoms. The lowest BCUT2D eigenvalue weighted by atomic mass is 9.96. The van der Waals surface area contributed by atoms with Crippen LogP contribution in [0, 0.1) is 29.6 Å². The molecule has 0 fully saturated rings. The Morgan fingerprint density at radius 1 is 0.917 bits per heavy atom. The SMILES string of the molecule is CCN(CC)c1nc(SCc2csc(-c3ccc(Cl)cc3)n2)c(C#N)c(-c2ccc(C)cc2)c1C#N. The lowest BCUT2D eigenvalue weighted by Crippen LogP contribution is -2.25. The molecule has 8 heteroatoms. The maximum Gasteiger partial charge on any atom is 0.148 e. The van der Waals surface area contributed by atoms with Gasteiger partial charge in [-0.2, -0.15) is 10.5 Å². The van der Waals surface area contributed by atoms with Gasteiger partial charge in [0.15, 0.2) is 0 Å². The normalized spacial score (nSPS) is 10.6. The largest absolute Gasteiger partial charge is 0.356 e. The molecule has 2 heterocycles. The Balaban J connectivity index is 1.76. The molecule has 0 amide bonds. The van der Waals surface area contributed by atoms with Gasteiger partial charge in [0.1, 0.15) is 33.6 Å². The zero-order valence-corrected chi connectivity index (χ0v) is 22.6. The van der Waals surface area contributed by atoms with Crippen molar-refractivity contribution in [3.8, 4) is 33.8 Å². The summed E-state index contributed by atoms with van der Waals surface area (Å²) in [6, 6.07) is 20.2. The number of thiazole rings is 1. The Labute approximate surface area is 225 Å². The Hall–Kier alpha value is -3.36. The molecule has 0 aliphatic rings. The van der Waals surface area contributed by atoms with E-state index in [1.165, 1.54) is 11.8 Å². The molecule has 2 aromatic carbocycles. The molecule has 5 nitrogen and oxygen atoms in total. The Morgan fingerprint density at radius 2 is 1.56 bits per heavy atom. The van der Waals surface area contributed by atoms with Crippen molar-refractivity contribution in [2.45, 2.75) is 31.6 Å².